The zero-order chi connectivity index (χ0) is 38.7. The standard InChI is InChI=1S/C49H93N3O2/c1-4-7-10-13-16-17-18-19-20-21-22-23-24-27-34-39-47(53)52(46(37-32-25-14-11-8-5-2)38-33-26-15-12-9-6-3)48(44-40-42-50-43-41-44)49(54)51-45-35-30-28-29-31-36-45/h19-20,44-46,48,50H,4-18,21-43H2,1-3H3,(H,51,54)/b20-19-. The number of hydrogen-bond acceptors (Lipinski definition) is 3. The van der Waals surface area contributed by atoms with Crippen LogP contribution < -0.4 is 10.6 Å². The summed E-state index contributed by atoms with van der Waals surface area (Å²) in [6, 6.07) is 0.121. The monoisotopic (exact) mass is 756 g/mol. The molecule has 2 rings (SSSR count). The lowest BCUT2D eigenvalue weighted by Gasteiger charge is -2.43. The van der Waals surface area contributed by atoms with Gasteiger partial charge in [-0.2, -0.15) is 0 Å². The maximum atomic E-state index is 14.7. The smallest absolute Gasteiger partial charge is 0.243 e. The molecule has 2 aliphatic rings. The van der Waals surface area contributed by atoms with Crippen molar-refractivity contribution in [3.05, 3.63) is 12.2 Å². The van der Waals surface area contributed by atoms with Crippen molar-refractivity contribution in [1.29, 1.82) is 0 Å². The molecule has 0 bridgehead atoms. The van der Waals surface area contributed by atoms with E-state index >= 15 is 0 Å². The Bertz CT molecular complexity index is 875. The summed E-state index contributed by atoms with van der Waals surface area (Å²) in [5.41, 5.74) is 0. The molecule has 2 fully saturated rings. The fraction of sp³-hybridized carbons (Fsp3) is 0.918. The number of carbonyl (C=O) groups excluding carboxylic acids is 2. The highest BCUT2D eigenvalue weighted by Gasteiger charge is 2.40. The fourth-order valence-electron chi connectivity index (χ4n) is 9.24. The number of nitrogens with one attached hydrogen (secondary N) is 2. The molecule has 1 saturated carbocycles. The van der Waals surface area contributed by atoms with E-state index in [-0.39, 0.29) is 35.9 Å². The number of rotatable bonds is 34. The van der Waals surface area contributed by atoms with Gasteiger partial charge in [0.2, 0.25) is 11.8 Å². The molecular formula is C49H93N3O2. The fourth-order valence-corrected chi connectivity index (χ4v) is 9.24. The molecule has 1 aliphatic heterocycles. The largest absolute Gasteiger partial charge is 0.352 e. The summed E-state index contributed by atoms with van der Waals surface area (Å²) in [5.74, 6) is 0.684. The van der Waals surface area contributed by atoms with Crippen LogP contribution in [0.4, 0.5) is 0 Å². The van der Waals surface area contributed by atoms with E-state index in [0.29, 0.717) is 6.42 Å². The number of unbranched alkanes of at least 4 members (excludes halogenated alkanes) is 21. The van der Waals surface area contributed by atoms with Gasteiger partial charge < -0.3 is 15.5 Å². The van der Waals surface area contributed by atoms with Crippen molar-refractivity contribution >= 4 is 11.8 Å². The van der Waals surface area contributed by atoms with Gasteiger partial charge >= 0.3 is 0 Å². The summed E-state index contributed by atoms with van der Waals surface area (Å²) < 4.78 is 0. The Balaban J connectivity index is 2.10. The zero-order valence-corrected chi connectivity index (χ0v) is 36.6. The number of carbonyl (C=O) groups is 2. The molecule has 1 heterocycles. The lowest BCUT2D eigenvalue weighted by Crippen LogP contribution is -2.59. The Hall–Kier alpha value is -1.36. The topological polar surface area (TPSA) is 61.4 Å². The van der Waals surface area contributed by atoms with Crippen LogP contribution in [0, 0.1) is 5.92 Å². The minimum absolute atomic E-state index is 0.169. The van der Waals surface area contributed by atoms with E-state index in [1.54, 1.807) is 0 Å². The molecule has 0 radical (unpaired) electrons. The summed E-state index contributed by atoms with van der Waals surface area (Å²) >= 11 is 0. The van der Waals surface area contributed by atoms with E-state index in [9.17, 15) is 9.59 Å². The molecule has 1 atom stereocenters. The van der Waals surface area contributed by atoms with Gasteiger partial charge in [-0.05, 0) is 89.6 Å². The highest BCUT2D eigenvalue weighted by molar-refractivity contribution is 5.88. The van der Waals surface area contributed by atoms with Crippen LogP contribution in [-0.2, 0) is 9.59 Å². The molecule has 0 spiro atoms. The zero-order valence-electron chi connectivity index (χ0n) is 36.6. The minimum Gasteiger partial charge on any atom is -0.352 e. The van der Waals surface area contributed by atoms with Crippen LogP contribution in [0.25, 0.3) is 0 Å². The molecule has 2 N–H and O–H groups in total. The molecule has 5 nitrogen and oxygen atoms in total. The van der Waals surface area contributed by atoms with Crippen molar-refractivity contribution in [2.45, 2.75) is 270 Å². The van der Waals surface area contributed by atoms with Crippen molar-refractivity contribution in [2.75, 3.05) is 13.1 Å². The van der Waals surface area contributed by atoms with Crippen molar-refractivity contribution in [3.8, 4) is 0 Å². The molecular weight excluding hydrogens is 663 g/mol. The normalized spacial score (nSPS) is 16.6. The van der Waals surface area contributed by atoms with Gasteiger partial charge in [0.05, 0.1) is 0 Å². The molecule has 0 aromatic heterocycles. The van der Waals surface area contributed by atoms with Crippen LogP contribution in [0.3, 0.4) is 0 Å². The number of piperidine rings is 1. The predicted octanol–water partition coefficient (Wildman–Crippen LogP) is 13.9. The van der Waals surface area contributed by atoms with E-state index in [4.69, 9.17) is 0 Å². The number of nitrogens with zero attached hydrogens (tertiary/aromatic N) is 1. The Morgan fingerprint density at radius 1 is 0.574 bits per heavy atom. The van der Waals surface area contributed by atoms with Gasteiger partial charge in [0, 0.05) is 18.5 Å². The van der Waals surface area contributed by atoms with Gasteiger partial charge in [0.1, 0.15) is 6.04 Å². The maximum absolute atomic E-state index is 14.7. The minimum atomic E-state index is -0.323. The third kappa shape index (κ3) is 23.6. The Labute approximate surface area is 337 Å². The van der Waals surface area contributed by atoms with Crippen molar-refractivity contribution in [1.82, 2.24) is 15.5 Å². The molecule has 1 unspecified atom stereocenters. The quantitative estimate of drug-likeness (QED) is 0.0390. The summed E-state index contributed by atoms with van der Waals surface area (Å²) in [6.07, 6.45) is 48.3. The first-order chi connectivity index (χ1) is 26.6. The predicted molar refractivity (Wildman–Crippen MR) is 235 cm³/mol. The lowest BCUT2D eigenvalue weighted by atomic mass is 9.85. The van der Waals surface area contributed by atoms with Gasteiger partial charge in [-0.3, -0.25) is 9.59 Å². The molecule has 0 aromatic rings. The molecule has 316 valence electrons. The van der Waals surface area contributed by atoms with Crippen LogP contribution in [0.1, 0.15) is 252 Å². The first-order valence-electron chi connectivity index (χ1n) is 24.6. The Morgan fingerprint density at radius 2 is 1.02 bits per heavy atom. The Kier molecular flexibility index (Phi) is 31.5. The van der Waals surface area contributed by atoms with Gasteiger partial charge in [-0.25, -0.2) is 0 Å². The molecule has 5 heteroatoms. The van der Waals surface area contributed by atoms with Crippen LogP contribution in [0.5, 0.6) is 0 Å². The van der Waals surface area contributed by atoms with Crippen molar-refractivity contribution in [3.63, 3.8) is 0 Å². The van der Waals surface area contributed by atoms with E-state index in [1.165, 1.54) is 173 Å². The van der Waals surface area contributed by atoms with Crippen LogP contribution >= 0.6 is 0 Å². The molecule has 54 heavy (non-hydrogen) atoms. The van der Waals surface area contributed by atoms with Crippen molar-refractivity contribution in [2.24, 2.45) is 5.92 Å². The Morgan fingerprint density at radius 3 is 1.52 bits per heavy atom. The number of hydrogen-bond donors (Lipinski definition) is 2. The maximum Gasteiger partial charge on any atom is 0.243 e. The van der Waals surface area contributed by atoms with Crippen LogP contribution in [-0.4, -0.2) is 47.9 Å². The lowest BCUT2D eigenvalue weighted by molar-refractivity contribution is -0.147. The summed E-state index contributed by atoms with van der Waals surface area (Å²) in [7, 11) is 0. The van der Waals surface area contributed by atoms with Crippen molar-refractivity contribution < 1.29 is 9.59 Å². The second-order valence-electron chi connectivity index (χ2n) is 17.6. The average Bonchev–Trinajstić information content (AvgIpc) is 3.46. The summed E-state index contributed by atoms with van der Waals surface area (Å²) in [5, 5.41) is 7.15. The van der Waals surface area contributed by atoms with Crippen LogP contribution in [0.15, 0.2) is 12.2 Å². The first kappa shape index (κ1) is 48.8. The average molecular weight is 756 g/mol. The molecule has 2 amide bonds. The number of allylic oxidation sites excluding steroid dienone is 2. The van der Waals surface area contributed by atoms with Gasteiger partial charge in [0.15, 0.2) is 0 Å². The van der Waals surface area contributed by atoms with E-state index in [1.807, 2.05) is 0 Å². The molecule has 1 saturated heterocycles. The van der Waals surface area contributed by atoms with Gasteiger partial charge in [-0.1, -0.05) is 187 Å². The second-order valence-corrected chi connectivity index (χ2v) is 17.6. The first-order valence-corrected chi connectivity index (χ1v) is 24.6. The van der Waals surface area contributed by atoms with E-state index in [0.717, 1.165) is 64.5 Å². The third-order valence-corrected chi connectivity index (χ3v) is 12.7. The van der Waals surface area contributed by atoms with Gasteiger partial charge in [-0.15, -0.1) is 0 Å². The SMILES string of the molecule is CCCCCCCC/C=C\CCCCCCCC(=O)N(C(CCCCCCCC)CCCCCCCC)C(C(=O)NC1CCCCCC1)C1CCNCC1. The van der Waals surface area contributed by atoms with Gasteiger partial charge in [0.25, 0.3) is 0 Å². The summed E-state index contributed by atoms with van der Waals surface area (Å²) in [6.45, 7) is 8.77. The summed E-state index contributed by atoms with van der Waals surface area (Å²) in [4.78, 5) is 31.6. The highest BCUT2D eigenvalue weighted by atomic mass is 16.2. The molecule has 0 aromatic carbocycles. The number of amides is 2. The second kappa shape index (κ2) is 34.9. The highest BCUT2D eigenvalue weighted by Crippen LogP contribution is 2.30. The third-order valence-electron chi connectivity index (χ3n) is 12.7. The van der Waals surface area contributed by atoms with Crippen LogP contribution in [0.2, 0.25) is 0 Å². The van der Waals surface area contributed by atoms with E-state index < -0.39 is 0 Å². The van der Waals surface area contributed by atoms with E-state index in [2.05, 4.69) is 48.5 Å². The molecule has 1 aliphatic carbocycles.